The SMILES string of the molecule is CC[C@@H](CO)CCn1cnc2c1NC(N)NC2=O. The van der Waals surface area contributed by atoms with Gasteiger partial charge in [0.2, 0.25) is 0 Å². The van der Waals surface area contributed by atoms with Crippen molar-refractivity contribution in [2.75, 3.05) is 11.9 Å². The summed E-state index contributed by atoms with van der Waals surface area (Å²) in [6.45, 7) is 2.93. The number of aliphatic hydroxyl groups is 1. The molecule has 5 N–H and O–H groups in total. The summed E-state index contributed by atoms with van der Waals surface area (Å²) in [5.74, 6) is 0.664. The monoisotopic (exact) mass is 253 g/mol. The first-order valence-electron chi connectivity index (χ1n) is 6.14. The molecule has 1 aromatic heterocycles. The maximum Gasteiger partial charge on any atom is 0.276 e. The Morgan fingerprint density at radius 1 is 1.61 bits per heavy atom. The minimum Gasteiger partial charge on any atom is -0.396 e. The average Bonchev–Trinajstić information content (AvgIpc) is 2.74. The summed E-state index contributed by atoms with van der Waals surface area (Å²) in [6, 6.07) is 0. The van der Waals surface area contributed by atoms with E-state index in [1.54, 1.807) is 6.33 Å². The van der Waals surface area contributed by atoms with Gasteiger partial charge in [0.1, 0.15) is 5.82 Å². The van der Waals surface area contributed by atoms with Crippen LogP contribution in [0.5, 0.6) is 0 Å². The number of carbonyl (C=O) groups excluding carboxylic acids is 1. The molecule has 1 aromatic rings. The Balaban J connectivity index is 2.09. The first-order valence-corrected chi connectivity index (χ1v) is 6.14. The number of nitrogens with two attached hydrogens (primary N) is 1. The van der Waals surface area contributed by atoms with Gasteiger partial charge < -0.3 is 20.3 Å². The van der Waals surface area contributed by atoms with Crippen LogP contribution < -0.4 is 16.4 Å². The lowest BCUT2D eigenvalue weighted by Crippen LogP contribution is -2.51. The van der Waals surface area contributed by atoms with Gasteiger partial charge in [0.05, 0.1) is 6.33 Å². The minimum atomic E-state index is -0.583. The molecule has 0 fully saturated rings. The summed E-state index contributed by atoms with van der Waals surface area (Å²) < 4.78 is 1.87. The van der Waals surface area contributed by atoms with Gasteiger partial charge in [0.15, 0.2) is 12.0 Å². The Labute approximate surface area is 105 Å². The van der Waals surface area contributed by atoms with Crippen LogP contribution in [-0.4, -0.2) is 33.5 Å². The van der Waals surface area contributed by atoms with Gasteiger partial charge in [-0.1, -0.05) is 13.3 Å². The molecule has 0 radical (unpaired) electrons. The summed E-state index contributed by atoms with van der Waals surface area (Å²) in [7, 11) is 0. The second kappa shape index (κ2) is 5.36. The van der Waals surface area contributed by atoms with Crippen LogP contribution in [-0.2, 0) is 6.54 Å². The predicted octanol–water partition coefficient (Wildman–Crippen LogP) is -0.311. The maximum absolute atomic E-state index is 11.6. The lowest BCUT2D eigenvalue weighted by molar-refractivity contribution is 0.0932. The van der Waals surface area contributed by atoms with Crippen LogP contribution in [0.3, 0.4) is 0 Å². The minimum absolute atomic E-state index is 0.181. The van der Waals surface area contributed by atoms with E-state index in [1.165, 1.54) is 0 Å². The van der Waals surface area contributed by atoms with Crippen molar-refractivity contribution in [1.82, 2.24) is 14.9 Å². The molecule has 1 aliphatic heterocycles. The highest BCUT2D eigenvalue weighted by atomic mass is 16.3. The number of carbonyl (C=O) groups is 1. The maximum atomic E-state index is 11.6. The first kappa shape index (κ1) is 12.8. The van der Waals surface area contributed by atoms with Gasteiger partial charge in [-0.3, -0.25) is 10.5 Å². The van der Waals surface area contributed by atoms with E-state index in [9.17, 15) is 4.79 Å². The first-order chi connectivity index (χ1) is 8.65. The molecule has 7 nitrogen and oxygen atoms in total. The number of amides is 1. The molecule has 2 heterocycles. The number of hydrogen-bond acceptors (Lipinski definition) is 5. The normalized spacial score (nSPS) is 19.9. The van der Waals surface area contributed by atoms with E-state index < -0.39 is 6.29 Å². The number of imidazole rings is 1. The number of aromatic nitrogens is 2. The second-order valence-corrected chi connectivity index (χ2v) is 4.48. The van der Waals surface area contributed by atoms with Crippen molar-refractivity contribution < 1.29 is 9.90 Å². The van der Waals surface area contributed by atoms with Gasteiger partial charge >= 0.3 is 0 Å². The molecule has 1 amide bonds. The molecule has 2 rings (SSSR count). The number of nitrogens with one attached hydrogen (secondary N) is 2. The molecule has 18 heavy (non-hydrogen) atoms. The van der Waals surface area contributed by atoms with Crippen LogP contribution in [0.1, 0.15) is 30.3 Å². The van der Waals surface area contributed by atoms with Crippen molar-refractivity contribution in [3.05, 3.63) is 12.0 Å². The van der Waals surface area contributed by atoms with Crippen LogP contribution in [0.15, 0.2) is 6.33 Å². The molecule has 1 unspecified atom stereocenters. The van der Waals surface area contributed by atoms with Gasteiger partial charge in [-0.2, -0.15) is 0 Å². The van der Waals surface area contributed by atoms with Crippen LogP contribution in [0.4, 0.5) is 5.82 Å². The second-order valence-electron chi connectivity index (χ2n) is 4.48. The molecule has 0 spiro atoms. The average molecular weight is 253 g/mol. The molecular formula is C11H19N5O2. The fourth-order valence-corrected chi connectivity index (χ4v) is 2.01. The zero-order valence-electron chi connectivity index (χ0n) is 10.4. The van der Waals surface area contributed by atoms with Crippen molar-refractivity contribution in [3.63, 3.8) is 0 Å². The summed E-state index contributed by atoms with van der Waals surface area (Å²) in [4.78, 5) is 15.7. The quantitative estimate of drug-likeness (QED) is 0.576. The molecule has 0 saturated carbocycles. The van der Waals surface area contributed by atoms with E-state index in [2.05, 4.69) is 15.6 Å². The van der Waals surface area contributed by atoms with Crippen molar-refractivity contribution in [2.24, 2.45) is 11.7 Å². The molecule has 0 aliphatic carbocycles. The topological polar surface area (TPSA) is 105 Å². The predicted molar refractivity (Wildman–Crippen MR) is 66.8 cm³/mol. The van der Waals surface area contributed by atoms with Crippen LogP contribution in [0.25, 0.3) is 0 Å². The Kier molecular flexibility index (Phi) is 3.83. The smallest absolute Gasteiger partial charge is 0.276 e. The standard InChI is InChI=1S/C11H19N5O2/c1-2-7(5-17)3-4-16-6-13-8-9(16)14-11(12)15-10(8)18/h6-7,11,14,17H,2-5,12H2,1H3,(H,15,18)/t7-,11?/m1/s1. The molecule has 0 saturated heterocycles. The van der Waals surface area contributed by atoms with Gasteiger partial charge in [0, 0.05) is 13.2 Å². The number of aryl methyl sites for hydroxylation is 1. The Bertz CT molecular complexity index is 427. The fraction of sp³-hybridized carbons (Fsp3) is 0.636. The van der Waals surface area contributed by atoms with Gasteiger partial charge in [0.25, 0.3) is 5.91 Å². The largest absolute Gasteiger partial charge is 0.396 e. The highest BCUT2D eigenvalue weighted by Gasteiger charge is 2.25. The molecule has 2 atom stereocenters. The molecule has 1 aliphatic rings. The van der Waals surface area contributed by atoms with Crippen molar-refractivity contribution in [1.29, 1.82) is 0 Å². The third-order valence-electron chi connectivity index (χ3n) is 3.25. The summed E-state index contributed by atoms with van der Waals surface area (Å²) in [5.41, 5.74) is 6.02. The van der Waals surface area contributed by atoms with E-state index >= 15 is 0 Å². The number of rotatable bonds is 5. The Hall–Kier alpha value is -1.60. The van der Waals surface area contributed by atoms with Gasteiger partial charge in [-0.05, 0) is 12.3 Å². The van der Waals surface area contributed by atoms with Crippen molar-refractivity contribution in [3.8, 4) is 0 Å². The molecule has 7 heteroatoms. The van der Waals surface area contributed by atoms with Crippen LogP contribution >= 0.6 is 0 Å². The van der Waals surface area contributed by atoms with E-state index in [0.717, 1.165) is 12.8 Å². The van der Waals surface area contributed by atoms with Gasteiger partial charge in [-0.15, -0.1) is 0 Å². The van der Waals surface area contributed by atoms with Crippen LogP contribution in [0.2, 0.25) is 0 Å². The zero-order valence-corrected chi connectivity index (χ0v) is 10.4. The Morgan fingerprint density at radius 3 is 3.06 bits per heavy atom. The van der Waals surface area contributed by atoms with E-state index in [4.69, 9.17) is 10.8 Å². The van der Waals surface area contributed by atoms with Crippen LogP contribution in [0, 0.1) is 5.92 Å². The Morgan fingerprint density at radius 2 is 2.39 bits per heavy atom. The highest BCUT2D eigenvalue weighted by Crippen LogP contribution is 2.19. The number of anilines is 1. The summed E-state index contributed by atoms with van der Waals surface area (Å²) in [6.07, 6.45) is 2.81. The fourth-order valence-electron chi connectivity index (χ4n) is 2.01. The highest BCUT2D eigenvalue weighted by molar-refractivity contribution is 5.98. The molecule has 0 aromatic carbocycles. The van der Waals surface area contributed by atoms with E-state index in [-0.39, 0.29) is 18.4 Å². The number of hydrogen-bond donors (Lipinski definition) is 4. The zero-order chi connectivity index (χ0) is 13.1. The lowest BCUT2D eigenvalue weighted by Gasteiger charge is -2.23. The molecular weight excluding hydrogens is 234 g/mol. The van der Waals surface area contributed by atoms with Crippen molar-refractivity contribution in [2.45, 2.75) is 32.6 Å². The van der Waals surface area contributed by atoms with E-state index in [1.807, 2.05) is 11.5 Å². The third kappa shape index (κ3) is 2.46. The number of aliphatic hydroxyl groups excluding tert-OH is 1. The summed E-state index contributed by atoms with van der Waals surface area (Å²) in [5, 5.41) is 14.7. The number of fused-ring (bicyclic) bond motifs is 1. The van der Waals surface area contributed by atoms with Crippen molar-refractivity contribution >= 4 is 11.7 Å². The number of nitrogens with zero attached hydrogens (tertiary/aromatic N) is 2. The van der Waals surface area contributed by atoms with Gasteiger partial charge in [-0.25, -0.2) is 4.98 Å². The lowest BCUT2D eigenvalue weighted by atomic mass is 10.0. The molecule has 100 valence electrons. The summed E-state index contributed by atoms with van der Waals surface area (Å²) >= 11 is 0. The third-order valence-corrected chi connectivity index (χ3v) is 3.25. The van der Waals surface area contributed by atoms with E-state index in [0.29, 0.717) is 18.1 Å². The molecule has 0 bridgehead atoms.